The van der Waals surface area contributed by atoms with Crippen molar-refractivity contribution in [3.8, 4) is 0 Å². The first-order valence-corrected chi connectivity index (χ1v) is 8.67. The highest BCUT2D eigenvalue weighted by Gasteiger charge is 2.22. The molecule has 0 aliphatic heterocycles. The lowest BCUT2D eigenvalue weighted by Gasteiger charge is -2.30. The van der Waals surface area contributed by atoms with Crippen LogP contribution in [-0.2, 0) is 0 Å². The zero-order chi connectivity index (χ0) is 16.8. The number of hydrogen-bond donors (Lipinski definition) is 1. The highest BCUT2D eigenvalue weighted by molar-refractivity contribution is 6.30. The van der Waals surface area contributed by atoms with Gasteiger partial charge < -0.3 is 14.8 Å². The molecular formula is C17H26ClN3O2. The topological polar surface area (TPSA) is 56.4 Å². The van der Waals surface area contributed by atoms with Crippen molar-refractivity contribution in [2.75, 3.05) is 33.7 Å². The number of rotatable bonds is 6. The molecule has 1 fully saturated rings. The second-order valence-corrected chi connectivity index (χ2v) is 7.03. The quantitative estimate of drug-likeness (QED) is 0.866. The fraction of sp³-hybridized carbons (Fsp3) is 0.647. The van der Waals surface area contributed by atoms with E-state index in [1.54, 1.807) is 0 Å². The van der Waals surface area contributed by atoms with E-state index in [2.05, 4.69) is 9.88 Å². The van der Waals surface area contributed by atoms with Crippen molar-refractivity contribution in [1.82, 2.24) is 14.8 Å². The van der Waals surface area contributed by atoms with Crippen LogP contribution in [0.2, 0.25) is 5.02 Å². The van der Waals surface area contributed by atoms with Crippen molar-refractivity contribution in [2.24, 2.45) is 5.92 Å². The molecule has 1 aromatic rings. The number of aromatic amines is 1. The van der Waals surface area contributed by atoms with Crippen molar-refractivity contribution in [2.45, 2.75) is 32.1 Å². The molecule has 1 saturated carbocycles. The molecule has 1 aromatic heterocycles. The summed E-state index contributed by atoms with van der Waals surface area (Å²) in [7, 11) is 4.00. The molecule has 1 aliphatic rings. The number of carbonyl (C=O) groups excluding carboxylic acids is 1. The van der Waals surface area contributed by atoms with Gasteiger partial charge in [-0.25, -0.2) is 0 Å². The van der Waals surface area contributed by atoms with E-state index in [1.807, 2.05) is 19.0 Å². The number of pyridine rings is 1. The number of hydrogen-bond acceptors (Lipinski definition) is 3. The first kappa shape index (κ1) is 18.0. The summed E-state index contributed by atoms with van der Waals surface area (Å²) in [6, 6.07) is 1.46. The zero-order valence-corrected chi connectivity index (χ0v) is 14.7. The Morgan fingerprint density at radius 1 is 1.26 bits per heavy atom. The zero-order valence-electron chi connectivity index (χ0n) is 14.0. The minimum atomic E-state index is -0.365. The predicted molar refractivity (Wildman–Crippen MR) is 93.1 cm³/mol. The average molecular weight is 340 g/mol. The second kappa shape index (κ2) is 8.50. The third kappa shape index (κ3) is 5.36. The van der Waals surface area contributed by atoms with Gasteiger partial charge in [0.2, 0.25) is 0 Å². The van der Waals surface area contributed by atoms with Gasteiger partial charge in [0, 0.05) is 25.8 Å². The molecule has 0 bridgehead atoms. The maximum Gasteiger partial charge on any atom is 0.266 e. The van der Waals surface area contributed by atoms with Crippen molar-refractivity contribution in [3.05, 3.63) is 33.2 Å². The number of nitrogens with one attached hydrogen (secondary N) is 1. The van der Waals surface area contributed by atoms with Crippen molar-refractivity contribution < 1.29 is 4.79 Å². The molecule has 23 heavy (non-hydrogen) atoms. The van der Waals surface area contributed by atoms with Crippen LogP contribution in [0, 0.1) is 5.92 Å². The van der Waals surface area contributed by atoms with Crippen molar-refractivity contribution in [1.29, 1.82) is 0 Å². The van der Waals surface area contributed by atoms with Gasteiger partial charge in [-0.3, -0.25) is 9.59 Å². The van der Waals surface area contributed by atoms with Crippen LogP contribution >= 0.6 is 11.6 Å². The molecule has 0 atom stereocenters. The molecule has 0 unspecified atom stereocenters. The lowest BCUT2D eigenvalue weighted by atomic mass is 9.89. The Kier molecular flexibility index (Phi) is 6.66. The largest absolute Gasteiger partial charge is 0.337 e. The number of amides is 1. The fourth-order valence-electron chi connectivity index (χ4n) is 3.04. The summed E-state index contributed by atoms with van der Waals surface area (Å²) >= 11 is 5.86. The normalized spacial score (nSPS) is 15.8. The van der Waals surface area contributed by atoms with Crippen molar-refractivity contribution in [3.63, 3.8) is 0 Å². The van der Waals surface area contributed by atoms with E-state index in [4.69, 9.17) is 11.6 Å². The molecule has 0 spiro atoms. The maximum absolute atomic E-state index is 12.8. The van der Waals surface area contributed by atoms with Gasteiger partial charge in [0.1, 0.15) is 5.02 Å². The maximum atomic E-state index is 12.8. The molecule has 0 radical (unpaired) electrons. The molecule has 1 amide bonds. The summed E-state index contributed by atoms with van der Waals surface area (Å²) in [6.45, 7) is 2.28. The summed E-state index contributed by atoms with van der Waals surface area (Å²) < 4.78 is 0. The third-order valence-electron chi connectivity index (χ3n) is 4.41. The van der Waals surface area contributed by atoms with Gasteiger partial charge in [0.15, 0.2) is 0 Å². The van der Waals surface area contributed by atoms with Crippen LogP contribution < -0.4 is 5.56 Å². The summed E-state index contributed by atoms with van der Waals surface area (Å²) in [5.74, 6) is 0.517. The Hall–Kier alpha value is -1.33. The number of likely N-dealkylation sites (N-methyl/N-ethyl adjacent to an activating group) is 1. The lowest BCUT2D eigenvalue weighted by Crippen LogP contribution is -2.40. The monoisotopic (exact) mass is 339 g/mol. The number of aromatic nitrogens is 1. The highest BCUT2D eigenvalue weighted by Crippen LogP contribution is 2.25. The number of carbonyl (C=O) groups is 1. The summed E-state index contributed by atoms with van der Waals surface area (Å²) in [5.41, 5.74) is 0.0829. The number of halogens is 1. The molecule has 0 aromatic carbocycles. The van der Waals surface area contributed by atoms with Gasteiger partial charge in [0.05, 0.1) is 5.56 Å². The van der Waals surface area contributed by atoms with Crippen molar-refractivity contribution >= 4 is 17.5 Å². The van der Waals surface area contributed by atoms with Gasteiger partial charge in [-0.05, 0) is 38.9 Å². The van der Waals surface area contributed by atoms with Crippen LogP contribution in [-0.4, -0.2) is 54.4 Å². The molecule has 6 heteroatoms. The van der Waals surface area contributed by atoms with Crippen LogP contribution in [0.1, 0.15) is 42.5 Å². The Labute approximate surface area is 142 Å². The Morgan fingerprint density at radius 2 is 1.96 bits per heavy atom. The van der Waals surface area contributed by atoms with E-state index < -0.39 is 0 Å². The van der Waals surface area contributed by atoms with Crippen LogP contribution in [0.25, 0.3) is 0 Å². The molecule has 128 valence electrons. The summed E-state index contributed by atoms with van der Waals surface area (Å²) in [5, 5.41) is 0.0566. The fourth-order valence-corrected chi connectivity index (χ4v) is 3.21. The minimum absolute atomic E-state index is 0.0566. The minimum Gasteiger partial charge on any atom is -0.337 e. The van der Waals surface area contributed by atoms with Crippen LogP contribution in [0.15, 0.2) is 17.1 Å². The van der Waals surface area contributed by atoms with E-state index in [9.17, 15) is 9.59 Å². The summed E-state index contributed by atoms with van der Waals surface area (Å²) in [6.07, 6.45) is 7.66. The predicted octanol–water partition coefficient (Wildman–Crippen LogP) is 2.61. The average Bonchev–Trinajstić information content (AvgIpc) is 2.54. The van der Waals surface area contributed by atoms with Crippen LogP contribution in [0.5, 0.6) is 0 Å². The Bertz CT molecular complexity index is 579. The number of H-pyrrole nitrogens is 1. The third-order valence-corrected chi connectivity index (χ3v) is 4.69. The summed E-state index contributed by atoms with van der Waals surface area (Å²) in [4.78, 5) is 30.7. The first-order chi connectivity index (χ1) is 11.0. The van der Waals surface area contributed by atoms with Gasteiger partial charge in [-0.15, -0.1) is 0 Å². The van der Waals surface area contributed by atoms with Crippen LogP contribution in [0.4, 0.5) is 0 Å². The van der Waals surface area contributed by atoms with Gasteiger partial charge in [-0.1, -0.05) is 30.9 Å². The first-order valence-electron chi connectivity index (χ1n) is 8.29. The van der Waals surface area contributed by atoms with E-state index in [0.29, 0.717) is 18.0 Å². The Balaban J connectivity index is 2.11. The molecular weight excluding hydrogens is 314 g/mol. The molecule has 1 heterocycles. The Morgan fingerprint density at radius 3 is 2.57 bits per heavy atom. The standard InChI is InChI=1S/C17H26ClN3O2/c1-20(2)8-9-21(12-13-6-4-3-5-7-13)17(23)14-10-15(18)16(22)19-11-14/h10-11,13H,3-9,12H2,1-2H3,(H,19,22). The molecule has 1 N–H and O–H groups in total. The smallest absolute Gasteiger partial charge is 0.266 e. The van der Waals surface area contributed by atoms with Gasteiger partial charge >= 0.3 is 0 Å². The van der Waals surface area contributed by atoms with Gasteiger partial charge in [0.25, 0.3) is 11.5 Å². The molecule has 0 saturated heterocycles. The molecule has 5 nitrogen and oxygen atoms in total. The van der Waals surface area contributed by atoms with E-state index in [0.717, 1.165) is 13.1 Å². The SMILES string of the molecule is CN(C)CCN(CC1CCCCC1)C(=O)c1c[nH]c(=O)c(Cl)c1. The highest BCUT2D eigenvalue weighted by atomic mass is 35.5. The lowest BCUT2D eigenvalue weighted by molar-refractivity contribution is 0.0701. The van der Waals surface area contributed by atoms with E-state index in [-0.39, 0.29) is 16.5 Å². The van der Waals surface area contributed by atoms with E-state index >= 15 is 0 Å². The van der Waals surface area contributed by atoms with E-state index in [1.165, 1.54) is 44.4 Å². The molecule has 1 aliphatic carbocycles. The van der Waals surface area contributed by atoms with Crippen LogP contribution in [0.3, 0.4) is 0 Å². The molecule has 2 rings (SSSR count). The van der Waals surface area contributed by atoms with Gasteiger partial charge in [-0.2, -0.15) is 0 Å². The second-order valence-electron chi connectivity index (χ2n) is 6.62. The number of nitrogens with zero attached hydrogens (tertiary/aromatic N) is 2.